The van der Waals surface area contributed by atoms with Crippen molar-refractivity contribution in [1.29, 1.82) is 0 Å². The van der Waals surface area contributed by atoms with Crippen LogP contribution < -0.4 is 0 Å². The van der Waals surface area contributed by atoms with Gasteiger partial charge in [-0.05, 0) is 27.7 Å². The van der Waals surface area contributed by atoms with Crippen molar-refractivity contribution in [3.8, 4) is 0 Å². The summed E-state index contributed by atoms with van der Waals surface area (Å²) in [5.41, 5.74) is 0.543. The maximum absolute atomic E-state index is 12.8. The Balaban J connectivity index is 3.32. The lowest BCUT2D eigenvalue weighted by molar-refractivity contribution is 0.159. The van der Waals surface area contributed by atoms with Gasteiger partial charge in [-0.3, -0.25) is 13.6 Å². The first kappa shape index (κ1) is 22.1. The lowest BCUT2D eigenvalue weighted by Gasteiger charge is -2.21. The Hall–Kier alpha value is -0.940. The van der Waals surface area contributed by atoms with Crippen molar-refractivity contribution in [3.05, 3.63) is 41.7 Å². The van der Waals surface area contributed by atoms with Gasteiger partial charge in [-0.2, -0.15) is 0 Å². The van der Waals surface area contributed by atoms with E-state index in [1.807, 2.05) is 6.07 Å². The van der Waals surface area contributed by atoms with Gasteiger partial charge in [0.25, 0.3) is 0 Å². The Bertz CT molecular complexity index is 611. The maximum atomic E-state index is 12.8. The zero-order valence-electron chi connectivity index (χ0n) is 15.0. The van der Waals surface area contributed by atoms with E-state index in [-0.39, 0.29) is 32.2 Å². The van der Waals surface area contributed by atoms with Crippen LogP contribution in [-0.2, 0) is 31.7 Å². The van der Waals surface area contributed by atoms with Gasteiger partial charge in [0.15, 0.2) is 0 Å². The molecule has 0 radical (unpaired) electrons. The van der Waals surface area contributed by atoms with Crippen LogP contribution in [0, 0.1) is 0 Å². The van der Waals surface area contributed by atoms with E-state index >= 15 is 0 Å². The zero-order valence-corrected chi connectivity index (χ0v) is 16.8. The Labute approximate surface area is 149 Å². The van der Waals surface area contributed by atoms with Crippen LogP contribution in [0.3, 0.4) is 0 Å². The topological polar surface area (TPSA) is 80.3 Å². The third-order valence-corrected chi connectivity index (χ3v) is 6.09. The van der Waals surface area contributed by atoms with Gasteiger partial charge >= 0.3 is 15.4 Å². The molecule has 1 rings (SSSR count). The zero-order chi connectivity index (χ0) is 18.8. The van der Waals surface area contributed by atoms with Crippen molar-refractivity contribution in [2.45, 2.75) is 27.7 Å². The number of phosphoric acid groups is 1. The molecule has 0 aliphatic rings. The molecule has 1 aromatic rings. The molecule has 0 fully saturated rings. The maximum Gasteiger partial charge on any atom is 0.530 e. The van der Waals surface area contributed by atoms with Gasteiger partial charge in [0.05, 0.1) is 32.2 Å². The highest BCUT2D eigenvalue weighted by atomic mass is 31.2. The first-order valence-corrected chi connectivity index (χ1v) is 11.2. The molecule has 0 N–H and O–H groups in total. The molecule has 0 bridgehead atoms. The first-order chi connectivity index (χ1) is 11.9. The van der Waals surface area contributed by atoms with Crippen LogP contribution in [0.1, 0.15) is 33.3 Å². The van der Waals surface area contributed by atoms with Crippen LogP contribution in [0.25, 0.3) is 5.76 Å². The second kappa shape index (κ2) is 10.9. The average molecular weight is 392 g/mol. The number of hydrogen-bond acceptors (Lipinski definition) is 7. The van der Waals surface area contributed by atoms with E-state index in [9.17, 15) is 9.13 Å². The lowest BCUT2D eigenvalue weighted by Crippen LogP contribution is -2.01. The van der Waals surface area contributed by atoms with Crippen molar-refractivity contribution < 1.29 is 31.7 Å². The molecule has 0 aliphatic heterocycles. The van der Waals surface area contributed by atoms with Gasteiger partial charge < -0.3 is 13.6 Å². The van der Waals surface area contributed by atoms with Crippen LogP contribution in [0.15, 0.2) is 36.1 Å². The van der Waals surface area contributed by atoms with Gasteiger partial charge in [-0.15, -0.1) is 0 Å². The second-order valence-corrected chi connectivity index (χ2v) is 8.06. The first-order valence-electron chi connectivity index (χ1n) is 8.17. The highest BCUT2D eigenvalue weighted by Gasteiger charge is 2.31. The smallest absolute Gasteiger partial charge is 0.403 e. The fourth-order valence-electron chi connectivity index (χ4n) is 1.90. The summed E-state index contributed by atoms with van der Waals surface area (Å²) in [6.07, 6.45) is 0. The number of benzene rings is 1. The molecule has 0 amide bonds. The Morgan fingerprint density at radius 2 is 1.32 bits per heavy atom. The second-order valence-electron chi connectivity index (χ2n) is 4.61. The van der Waals surface area contributed by atoms with Gasteiger partial charge in [0.1, 0.15) is 5.76 Å². The van der Waals surface area contributed by atoms with Gasteiger partial charge in [-0.1, -0.05) is 30.3 Å². The van der Waals surface area contributed by atoms with E-state index in [2.05, 4.69) is 0 Å². The van der Waals surface area contributed by atoms with Gasteiger partial charge in [-0.25, -0.2) is 4.57 Å². The Morgan fingerprint density at radius 1 is 0.840 bits per heavy atom. The fourth-order valence-corrected chi connectivity index (χ4v) is 4.62. The molecule has 7 nitrogen and oxygen atoms in total. The molecule has 25 heavy (non-hydrogen) atoms. The summed E-state index contributed by atoms with van der Waals surface area (Å²) in [6.45, 7) is 7.39. The number of hydrogen-bond donors (Lipinski definition) is 0. The highest BCUT2D eigenvalue weighted by molar-refractivity contribution is 7.57. The van der Waals surface area contributed by atoms with E-state index < -0.39 is 15.4 Å². The molecular weight excluding hydrogens is 366 g/mol. The summed E-state index contributed by atoms with van der Waals surface area (Å²) in [4.78, 5) is 0. The molecule has 9 heteroatoms. The van der Waals surface area contributed by atoms with E-state index in [4.69, 9.17) is 22.6 Å². The summed E-state index contributed by atoms with van der Waals surface area (Å²) in [7, 11) is -7.45. The third-order valence-electron chi connectivity index (χ3n) is 2.74. The van der Waals surface area contributed by atoms with Crippen LogP contribution in [0.5, 0.6) is 0 Å². The summed E-state index contributed by atoms with van der Waals surface area (Å²) in [5, 5.41) is 0. The van der Waals surface area contributed by atoms with Gasteiger partial charge in [0, 0.05) is 5.56 Å². The molecule has 0 heterocycles. The third kappa shape index (κ3) is 7.45. The van der Waals surface area contributed by atoms with E-state index in [0.29, 0.717) is 5.56 Å². The molecule has 1 aromatic carbocycles. The van der Waals surface area contributed by atoms with Crippen molar-refractivity contribution >= 4 is 21.2 Å². The minimum absolute atomic E-state index is 0.0519. The van der Waals surface area contributed by atoms with Crippen molar-refractivity contribution in [3.63, 3.8) is 0 Å². The van der Waals surface area contributed by atoms with Crippen LogP contribution in [-0.4, -0.2) is 26.4 Å². The monoisotopic (exact) mass is 392 g/mol. The number of phosphoric ester groups is 1. The minimum Gasteiger partial charge on any atom is -0.403 e. The average Bonchev–Trinajstić information content (AvgIpc) is 2.56. The lowest BCUT2D eigenvalue weighted by atomic mass is 10.2. The molecule has 142 valence electrons. The van der Waals surface area contributed by atoms with Crippen molar-refractivity contribution in [2.24, 2.45) is 0 Å². The summed E-state index contributed by atoms with van der Waals surface area (Å²) < 4.78 is 51.9. The molecular formula is C16H26O7P2. The largest absolute Gasteiger partial charge is 0.530 e. The molecule has 0 atom stereocenters. The van der Waals surface area contributed by atoms with Gasteiger partial charge in [0.2, 0.25) is 0 Å². The fraction of sp³-hybridized carbons (Fsp3) is 0.500. The standard InChI is InChI=1S/C16H26O7P2/c1-5-19-24(17,20-6-2)14-16(15-12-10-9-11-13-15)23-25(18,21-7-3)22-8-4/h9-14H,5-8H2,1-4H3/b16-14-. The summed E-state index contributed by atoms with van der Waals surface area (Å²) in [6, 6.07) is 8.79. The van der Waals surface area contributed by atoms with Crippen molar-refractivity contribution in [1.82, 2.24) is 0 Å². The van der Waals surface area contributed by atoms with Crippen LogP contribution >= 0.6 is 15.4 Å². The quantitative estimate of drug-likeness (QED) is 0.346. The predicted octanol–water partition coefficient (Wildman–Crippen LogP) is 5.45. The predicted molar refractivity (Wildman–Crippen MR) is 97.2 cm³/mol. The van der Waals surface area contributed by atoms with E-state index in [0.717, 1.165) is 0 Å². The Kier molecular flexibility index (Phi) is 9.65. The molecule has 0 saturated heterocycles. The highest BCUT2D eigenvalue weighted by Crippen LogP contribution is 2.57. The molecule has 0 aromatic heterocycles. The summed E-state index contributed by atoms with van der Waals surface area (Å²) in [5.74, 6) is 1.26. The molecule has 0 aliphatic carbocycles. The Morgan fingerprint density at radius 3 is 1.76 bits per heavy atom. The molecule has 0 saturated carbocycles. The SMILES string of the molecule is CCOP(=O)(/C=C(\OP(=O)(OCC)OCC)c1ccccc1)OCC. The summed E-state index contributed by atoms with van der Waals surface area (Å²) >= 11 is 0. The minimum atomic E-state index is -3.87. The molecule has 0 unspecified atom stereocenters. The van der Waals surface area contributed by atoms with Crippen molar-refractivity contribution in [2.75, 3.05) is 26.4 Å². The normalized spacial score (nSPS) is 13.0. The molecule has 0 spiro atoms. The van der Waals surface area contributed by atoms with E-state index in [1.165, 1.54) is 5.82 Å². The van der Waals surface area contributed by atoms with Crippen LogP contribution in [0.4, 0.5) is 0 Å². The van der Waals surface area contributed by atoms with E-state index in [1.54, 1.807) is 52.0 Å². The number of rotatable bonds is 12. The van der Waals surface area contributed by atoms with Crippen LogP contribution in [0.2, 0.25) is 0 Å².